The molecular weight excluding hydrogens is 546 g/mol. The summed E-state index contributed by atoms with van der Waals surface area (Å²) in [7, 11) is 0. The second kappa shape index (κ2) is 18.1. The second-order valence-electron chi connectivity index (χ2n) is 6.10. The molecule has 172 valence electrons. The van der Waals surface area contributed by atoms with Gasteiger partial charge in [0.25, 0.3) is 0 Å². The van der Waals surface area contributed by atoms with Gasteiger partial charge in [-0.3, -0.25) is 0 Å². The van der Waals surface area contributed by atoms with E-state index in [1.165, 1.54) is 11.8 Å². The maximum absolute atomic E-state index is 8.54. The average molecular weight is 564 g/mol. The largest absolute Gasteiger partial charge is 1.00 e. The van der Waals surface area contributed by atoms with Crippen LogP contribution in [0, 0.1) is 22.9 Å². The number of amidine groups is 2. The molecule has 2 aromatic rings. The third kappa shape index (κ3) is 12.0. The molecule has 2 aromatic heterocycles. The molecule has 0 amide bonds. The van der Waals surface area contributed by atoms with Gasteiger partial charge in [0, 0.05) is 37.1 Å². The van der Waals surface area contributed by atoms with Crippen molar-refractivity contribution < 1.29 is 29.6 Å². The summed E-state index contributed by atoms with van der Waals surface area (Å²) in [6, 6.07) is 7.27. The van der Waals surface area contributed by atoms with Crippen molar-refractivity contribution in [2.24, 2.45) is 9.98 Å². The van der Waals surface area contributed by atoms with Crippen LogP contribution in [0.3, 0.4) is 0 Å². The van der Waals surface area contributed by atoms with Gasteiger partial charge in [-0.1, -0.05) is 47.1 Å². The Hall–Kier alpha value is -1.21. The Morgan fingerprint density at radius 1 is 0.971 bits per heavy atom. The number of halogens is 3. The molecule has 0 saturated carbocycles. The number of aromatic nitrogens is 2. The summed E-state index contributed by atoms with van der Waals surface area (Å²) < 4.78 is 0. The van der Waals surface area contributed by atoms with E-state index in [9.17, 15) is 0 Å². The van der Waals surface area contributed by atoms with Crippen molar-refractivity contribution in [2.45, 2.75) is 12.4 Å². The van der Waals surface area contributed by atoms with E-state index in [0.717, 1.165) is 47.4 Å². The van der Waals surface area contributed by atoms with Gasteiger partial charge in [0.15, 0.2) is 5.17 Å². The molecule has 2 fully saturated rings. The summed E-state index contributed by atoms with van der Waals surface area (Å²) >= 11 is 19.9. The first-order chi connectivity index (χ1) is 16.0. The Labute approximate surface area is 244 Å². The molecule has 0 N–H and O–H groups in total. The molecule has 0 aliphatic carbocycles. The van der Waals surface area contributed by atoms with Gasteiger partial charge in [0.05, 0.1) is 6.19 Å². The molecule has 4 rings (SSSR count). The van der Waals surface area contributed by atoms with Crippen molar-refractivity contribution in [3.05, 3.63) is 63.4 Å². The minimum atomic E-state index is 0. The number of hydrogen-bond acceptors (Lipinski definition) is 8. The molecule has 2 saturated heterocycles. The SMILES string of the molecule is ClCc1ccc(Cl)nc1.N#CN=C1SCCN1Cc1ccc(Cl)nc1.N#CN=C1[N-]CCS1.[Na+]. The van der Waals surface area contributed by atoms with Crippen molar-refractivity contribution >= 4 is 68.7 Å². The van der Waals surface area contributed by atoms with Gasteiger partial charge < -0.3 is 15.2 Å². The van der Waals surface area contributed by atoms with E-state index in [0.29, 0.717) is 21.4 Å². The molecular formula is C20H18Cl3N8NaS2. The van der Waals surface area contributed by atoms with E-state index in [1.54, 1.807) is 42.5 Å². The number of pyridine rings is 2. The van der Waals surface area contributed by atoms with Crippen LogP contribution < -0.4 is 29.6 Å². The minimum Gasteiger partial charge on any atom is -0.459 e. The molecule has 0 bridgehead atoms. The number of hydrogen-bond donors (Lipinski definition) is 0. The van der Waals surface area contributed by atoms with Crippen LogP contribution in [0.2, 0.25) is 10.3 Å². The number of nitrogens with zero attached hydrogens (tertiary/aromatic N) is 8. The first-order valence-corrected chi connectivity index (χ1v) is 12.7. The predicted molar refractivity (Wildman–Crippen MR) is 138 cm³/mol. The Morgan fingerprint density at radius 2 is 1.62 bits per heavy atom. The molecule has 0 unspecified atom stereocenters. The monoisotopic (exact) mass is 562 g/mol. The van der Waals surface area contributed by atoms with E-state index in [4.69, 9.17) is 45.3 Å². The molecule has 0 spiro atoms. The molecule has 0 aromatic carbocycles. The molecule has 4 heterocycles. The number of alkyl halides is 1. The van der Waals surface area contributed by atoms with Crippen molar-refractivity contribution in [3.63, 3.8) is 0 Å². The van der Waals surface area contributed by atoms with E-state index in [1.807, 2.05) is 18.3 Å². The Kier molecular flexibility index (Phi) is 16.4. The van der Waals surface area contributed by atoms with E-state index < -0.39 is 0 Å². The van der Waals surface area contributed by atoms with Crippen LogP contribution in [-0.4, -0.2) is 49.8 Å². The van der Waals surface area contributed by atoms with Crippen LogP contribution in [0.4, 0.5) is 0 Å². The van der Waals surface area contributed by atoms with Gasteiger partial charge in [-0.2, -0.15) is 10.5 Å². The number of rotatable bonds is 3. The zero-order valence-electron chi connectivity index (χ0n) is 18.2. The molecule has 0 atom stereocenters. The maximum Gasteiger partial charge on any atom is 1.00 e. The number of aliphatic imine (C=N–C) groups is 2. The molecule has 0 radical (unpaired) electrons. The quantitative estimate of drug-likeness (QED) is 0.244. The molecule has 2 aliphatic heterocycles. The summed E-state index contributed by atoms with van der Waals surface area (Å²) in [4.78, 5) is 17.1. The van der Waals surface area contributed by atoms with Gasteiger partial charge in [-0.25, -0.2) is 9.97 Å². The minimum absolute atomic E-state index is 0. The summed E-state index contributed by atoms with van der Waals surface area (Å²) in [5, 5.41) is 22.9. The maximum atomic E-state index is 8.54. The standard InChI is InChI=1S/C10H9ClN4S.C6H5Cl2N.C4H4N3S.Na/c11-9-2-1-8(5-13-9)6-15-3-4-16-10(15)14-7-12;7-3-5-1-2-6(8)9-4-5;5-3-7-4-6-1-2-8-4;/h1-2,5H,3-4,6H2;1-2,4H,3H2;1-2H2;/q;;-1;+1. The Bertz CT molecular complexity index is 1020. The van der Waals surface area contributed by atoms with Gasteiger partial charge in [0.1, 0.15) is 10.3 Å². The fourth-order valence-electron chi connectivity index (χ4n) is 2.37. The van der Waals surface area contributed by atoms with Crippen LogP contribution in [0.15, 0.2) is 46.6 Å². The van der Waals surface area contributed by atoms with Crippen LogP contribution in [-0.2, 0) is 12.4 Å². The summed E-state index contributed by atoms with van der Waals surface area (Å²) in [5.74, 6) is 2.44. The smallest absolute Gasteiger partial charge is 0.459 e. The third-order valence-corrected chi connectivity index (χ3v) is 6.44. The van der Waals surface area contributed by atoms with Gasteiger partial charge in [0.2, 0.25) is 6.19 Å². The Morgan fingerprint density at radius 3 is 2.12 bits per heavy atom. The van der Waals surface area contributed by atoms with Crippen molar-refractivity contribution in [1.82, 2.24) is 14.9 Å². The summed E-state index contributed by atoms with van der Waals surface area (Å²) in [6.45, 7) is 2.44. The topological polar surface area (TPSA) is 115 Å². The fraction of sp³-hybridized carbons (Fsp3) is 0.300. The summed E-state index contributed by atoms with van der Waals surface area (Å²) in [6.07, 6.45) is 6.91. The molecule has 8 nitrogen and oxygen atoms in total. The summed E-state index contributed by atoms with van der Waals surface area (Å²) in [5.41, 5.74) is 2.05. The zero-order valence-corrected chi connectivity index (χ0v) is 24.1. The van der Waals surface area contributed by atoms with Crippen molar-refractivity contribution in [2.75, 3.05) is 24.6 Å². The van der Waals surface area contributed by atoms with Crippen LogP contribution in [0.25, 0.3) is 5.32 Å². The normalized spacial score (nSPS) is 16.2. The first-order valence-electron chi connectivity index (χ1n) is 9.44. The Balaban J connectivity index is 0.000000274. The number of thioether (sulfide) groups is 2. The number of nitriles is 2. The van der Waals surface area contributed by atoms with E-state index in [-0.39, 0.29) is 29.6 Å². The van der Waals surface area contributed by atoms with Crippen molar-refractivity contribution in [3.8, 4) is 12.4 Å². The first kappa shape index (κ1) is 30.8. The van der Waals surface area contributed by atoms with Crippen LogP contribution in [0.1, 0.15) is 11.1 Å². The molecule has 2 aliphatic rings. The van der Waals surface area contributed by atoms with Gasteiger partial charge in [-0.05, 0) is 40.7 Å². The van der Waals surface area contributed by atoms with Crippen LogP contribution in [0.5, 0.6) is 0 Å². The molecule has 34 heavy (non-hydrogen) atoms. The van der Waals surface area contributed by atoms with Crippen LogP contribution >= 0.6 is 58.3 Å². The van der Waals surface area contributed by atoms with E-state index in [2.05, 4.69) is 30.2 Å². The molecule has 14 heteroatoms. The second-order valence-corrected chi connectivity index (χ2v) is 9.27. The van der Waals surface area contributed by atoms with Gasteiger partial charge >= 0.3 is 29.6 Å². The zero-order chi connectivity index (χ0) is 23.9. The third-order valence-electron chi connectivity index (χ3n) is 3.83. The van der Waals surface area contributed by atoms with Gasteiger partial charge in [-0.15, -0.1) is 28.4 Å². The fourth-order valence-corrected chi connectivity index (χ4v) is 4.34. The predicted octanol–water partition coefficient (Wildman–Crippen LogP) is 2.54. The van der Waals surface area contributed by atoms with E-state index >= 15 is 0 Å². The average Bonchev–Trinajstić information content (AvgIpc) is 3.50. The van der Waals surface area contributed by atoms with Crippen molar-refractivity contribution in [1.29, 1.82) is 10.5 Å².